The van der Waals surface area contributed by atoms with Crippen LogP contribution in [0.5, 0.6) is 0 Å². The fraction of sp³-hybridized carbons (Fsp3) is 0.179. The average molecular weight is 561 g/mol. The molecule has 9 nitrogen and oxygen atoms in total. The minimum atomic E-state index is -0.421. The molecule has 1 aliphatic heterocycles. The molecule has 1 aliphatic rings. The van der Waals surface area contributed by atoms with Gasteiger partial charge in [0.2, 0.25) is 5.91 Å². The minimum absolute atomic E-state index is 0.0171. The number of carbonyl (C=O) groups excluding carboxylic acids is 1. The molecule has 198 valence electrons. The minimum Gasteiger partial charge on any atom is -0.351 e. The van der Waals surface area contributed by atoms with Crippen molar-refractivity contribution in [2.45, 2.75) is 25.9 Å². The average Bonchev–Trinajstić information content (AvgIpc) is 3.54. The van der Waals surface area contributed by atoms with Crippen LogP contribution in [0.2, 0.25) is 5.02 Å². The van der Waals surface area contributed by atoms with Crippen LogP contribution in [0.1, 0.15) is 37.3 Å². The topological polar surface area (TPSA) is 105 Å². The van der Waals surface area contributed by atoms with Crippen molar-refractivity contribution in [2.75, 3.05) is 10.2 Å². The van der Waals surface area contributed by atoms with Gasteiger partial charge in [0.05, 0.1) is 27.4 Å². The van der Waals surface area contributed by atoms with Crippen molar-refractivity contribution in [2.24, 2.45) is 5.92 Å². The van der Waals surface area contributed by atoms with Crippen molar-refractivity contribution in [3.63, 3.8) is 0 Å². The smallest absolute Gasteiger partial charge is 0.269 e. The van der Waals surface area contributed by atoms with Crippen LogP contribution >= 0.6 is 23.8 Å². The summed E-state index contributed by atoms with van der Waals surface area (Å²) in [4.78, 5) is 29.6. The maximum Gasteiger partial charge on any atom is 0.269 e. The molecule has 3 heterocycles. The fourth-order valence-corrected chi connectivity index (χ4v) is 5.14. The van der Waals surface area contributed by atoms with E-state index >= 15 is 0 Å². The Morgan fingerprint density at radius 1 is 1.10 bits per heavy atom. The standard InChI is InChI=1S/C28H25ClN6O3S/c1-17(2)27(36)31-22-13-12-20(16-21(22)29)34-26(25(32-28(34)39)23-6-3-4-14-30-23)24-7-5-15-33(24)18-8-10-19(11-9-18)35(37)38/h3-17,25-26H,1-2H3,(H,31,36)(H,32,39). The largest absolute Gasteiger partial charge is 0.351 e. The summed E-state index contributed by atoms with van der Waals surface area (Å²) in [5, 5.41) is 18.3. The van der Waals surface area contributed by atoms with E-state index in [9.17, 15) is 14.9 Å². The van der Waals surface area contributed by atoms with Crippen LogP contribution in [0.4, 0.5) is 17.1 Å². The second-order valence-electron chi connectivity index (χ2n) is 9.38. The van der Waals surface area contributed by atoms with Gasteiger partial charge in [-0.25, -0.2) is 0 Å². The van der Waals surface area contributed by atoms with Crippen molar-refractivity contribution in [3.05, 3.63) is 112 Å². The first-order chi connectivity index (χ1) is 18.7. The summed E-state index contributed by atoms with van der Waals surface area (Å²) in [6.45, 7) is 3.63. The van der Waals surface area contributed by atoms with Crippen LogP contribution in [0.25, 0.3) is 5.69 Å². The number of carbonyl (C=O) groups is 1. The van der Waals surface area contributed by atoms with E-state index in [4.69, 9.17) is 23.8 Å². The summed E-state index contributed by atoms with van der Waals surface area (Å²) in [5.41, 5.74) is 3.73. The Bertz CT molecular complexity index is 1540. The number of nitrogens with one attached hydrogen (secondary N) is 2. The number of rotatable bonds is 7. The molecule has 0 aliphatic carbocycles. The number of non-ortho nitro benzene ring substituents is 1. The molecule has 2 N–H and O–H groups in total. The summed E-state index contributed by atoms with van der Waals surface area (Å²) in [6, 6.07) is 20.8. The highest BCUT2D eigenvalue weighted by Crippen LogP contribution is 2.43. The molecule has 1 saturated heterocycles. The zero-order valence-electron chi connectivity index (χ0n) is 21.1. The van der Waals surface area contributed by atoms with E-state index in [2.05, 4.69) is 15.6 Å². The molecule has 1 fully saturated rings. The number of thiocarbonyl (C=S) groups is 1. The molecule has 0 saturated carbocycles. The number of hydrogen-bond donors (Lipinski definition) is 2. The molecule has 2 atom stereocenters. The number of hydrogen-bond acceptors (Lipinski definition) is 5. The summed E-state index contributed by atoms with van der Waals surface area (Å²) in [5.74, 6) is -0.316. The van der Waals surface area contributed by atoms with Gasteiger partial charge in [-0.3, -0.25) is 19.9 Å². The molecule has 0 spiro atoms. The third-order valence-electron chi connectivity index (χ3n) is 6.53. The Kier molecular flexibility index (Phi) is 7.32. The van der Waals surface area contributed by atoms with Crippen LogP contribution in [-0.2, 0) is 4.79 Å². The third-order valence-corrected chi connectivity index (χ3v) is 7.16. The number of aromatic nitrogens is 2. The van der Waals surface area contributed by atoms with Gasteiger partial charge < -0.3 is 20.1 Å². The van der Waals surface area contributed by atoms with E-state index in [1.165, 1.54) is 12.1 Å². The molecular weight excluding hydrogens is 536 g/mol. The van der Waals surface area contributed by atoms with E-state index in [0.717, 1.165) is 22.8 Å². The van der Waals surface area contributed by atoms with Gasteiger partial charge in [-0.1, -0.05) is 31.5 Å². The Morgan fingerprint density at radius 2 is 1.85 bits per heavy atom. The number of halogens is 1. The van der Waals surface area contributed by atoms with Gasteiger partial charge >= 0.3 is 0 Å². The van der Waals surface area contributed by atoms with E-state index in [1.807, 2.05) is 65.9 Å². The quantitative estimate of drug-likeness (QED) is 0.157. The number of nitro benzene ring substituents is 1. The second-order valence-corrected chi connectivity index (χ2v) is 10.2. The Balaban J connectivity index is 1.59. The normalized spacial score (nSPS) is 16.8. The van der Waals surface area contributed by atoms with Crippen LogP contribution in [0.15, 0.2) is 85.2 Å². The van der Waals surface area contributed by atoms with Crippen molar-refractivity contribution in [1.29, 1.82) is 0 Å². The zero-order valence-corrected chi connectivity index (χ0v) is 22.7. The van der Waals surface area contributed by atoms with Crippen LogP contribution in [0, 0.1) is 16.0 Å². The SMILES string of the molecule is CC(C)C(=O)Nc1ccc(N2C(=S)NC(c3ccccn3)C2c2cccn2-c2ccc([N+](=O)[O-])cc2)cc1Cl. The van der Waals surface area contributed by atoms with Gasteiger partial charge in [-0.2, -0.15) is 0 Å². The maximum absolute atomic E-state index is 12.2. The number of pyridine rings is 1. The lowest BCUT2D eigenvalue weighted by Crippen LogP contribution is -2.30. The Morgan fingerprint density at radius 3 is 2.49 bits per heavy atom. The lowest BCUT2D eigenvalue weighted by atomic mass is 10.0. The molecule has 2 aromatic carbocycles. The maximum atomic E-state index is 12.2. The van der Waals surface area contributed by atoms with Gasteiger partial charge in [0.1, 0.15) is 6.04 Å². The van der Waals surface area contributed by atoms with E-state index < -0.39 is 4.92 Å². The summed E-state index contributed by atoms with van der Waals surface area (Å²) in [7, 11) is 0. The first kappa shape index (κ1) is 26.3. The highest BCUT2D eigenvalue weighted by atomic mass is 35.5. The lowest BCUT2D eigenvalue weighted by molar-refractivity contribution is -0.384. The molecule has 1 amide bonds. The van der Waals surface area contributed by atoms with Crippen LogP contribution < -0.4 is 15.5 Å². The summed E-state index contributed by atoms with van der Waals surface area (Å²) in [6.07, 6.45) is 3.64. The highest BCUT2D eigenvalue weighted by molar-refractivity contribution is 7.80. The molecule has 5 rings (SSSR count). The predicted octanol–water partition coefficient (Wildman–Crippen LogP) is 6.21. The molecule has 2 unspecified atom stereocenters. The van der Waals surface area contributed by atoms with Gasteiger partial charge in [-0.15, -0.1) is 0 Å². The van der Waals surface area contributed by atoms with Crippen molar-refractivity contribution >= 4 is 51.9 Å². The number of anilines is 2. The van der Waals surface area contributed by atoms with Crippen LogP contribution in [-0.4, -0.2) is 25.5 Å². The number of nitrogens with zero attached hydrogens (tertiary/aromatic N) is 4. The van der Waals surface area contributed by atoms with E-state index in [-0.39, 0.29) is 29.6 Å². The van der Waals surface area contributed by atoms with E-state index in [0.29, 0.717) is 15.8 Å². The first-order valence-corrected chi connectivity index (χ1v) is 13.1. The lowest BCUT2D eigenvalue weighted by Gasteiger charge is -2.29. The van der Waals surface area contributed by atoms with Crippen molar-refractivity contribution in [3.8, 4) is 5.69 Å². The Labute approximate surface area is 235 Å². The van der Waals surface area contributed by atoms with Crippen LogP contribution in [0.3, 0.4) is 0 Å². The molecule has 4 aromatic rings. The van der Waals surface area contributed by atoms with Gasteiger partial charge in [0, 0.05) is 47.5 Å². The van der Waals surface area contributed by atoms with Gasteiger partial charge in [-0.05, 0) is 66.8 Å². The van der Waals surface area contributed by atoms with Crippen molar-refractivity contribution < 1.29 is 9.72 Å². The summed E-state index contributed by atoms with van der Waals surface area (Å²) >= 11 is 12.4. The van der Waals surface area contributed by atoms with E-state index in [1.54, 1.807) is 30.5 Å². The molecule has 39 heavy (non-hydrogen) atoms. The van der Waals surface area contributed by atoms with Gasteiger partial charge in [0.25, 0.3) is 5.69 Å². The fourth-order valence-electron chi connectivity index (χ4n) is 4.57. The third kappa shape index (κ3) is 5.21. The zero-order chi connectivity index (χ0) is 27.7. The number of benzene rings is 2. The highest BCUT2D eigenvalue weighted by Gasteiger charge is 2.42. The molecule has 0 bridgehead atoms. The second kappa shape index (κ2) is 10.8. The first-order valence-electron chi connectivity index (χ1n) is 12.3. The predicted molar refractivity (Wildman–Crippen MR) is 155 cm³/mol. The Hall–Kier alpha value is -4.28. The summed E-state index contributed by atoms with van der Waals surface area (Å²) < 4.78 is 1.98. The molecule has 2 aromatic heterocycles. The van der Waals surface area contributed by atoms with Gasteiger partial charge in [0.15, 0.2) is 5.11 Å². The molecule has 0 radical (unpaired) electrons. The number of amides is 1. The van der Waals surface area contributed by atoms with Crippen molar-refractivity contribution in [1.82, 2.24) is 14.9 Å². The number of nitro groups is 1. The molecular formula is C28H25ClN6O3S. The molecule has 11 heteroatoms. The monoisotopic (exact) mass is 560 g/mol.